The maximum absolute atomic E-state index is 6.23. The van der Waals surface area contributed by atoms with E-state index in [9.17, 15) is 0 Å². The molecule has 0 fully saturated rings. The molecule has 4 heteroatoms. The smallest absolute Gasteiger partial charge is 0.104 e. The van der Waals surface area contributed by atoms with Gasteiger partial charge in [-0.2, -0.15) is 0 Å². The Kier molecular flexibility index (Phi) is 5.03. The monoisotopic (exact) mass is 256 g/mol. The Morgan fingerprint density at radius 2 is 2.12 bits per heavy atom. The first-order valence-corrected chi connectivity index (χ1v) is 6.23. The lowest BCUT2D eigenvalue weighted by Crippen LogP contribution is -2.23. The summed E-state index contributed by atoms with van der Waals surface area (Å²) in [5.74, 6) is 0. The molecule has 0 aliphatic heterocycles. The number of nitrogens with zero attached hydrogens (tertiary/aromatic N) is 1. The molecule has 0 aliphatic carbocycles. The quantitative estimate of drug-likeness (QED) is 0.821. The lowest BCUT2D eigenvalue weighted by molar-refractivity contribution is 0.792. The molecule has 0 atom stereocenters. The third kappa shape index (κ3) is 3.09. The normalized spacial score (nSPS) is 10.2. The van der Waals surface area contributed by atoms with Gasteiger partial charge in [0.25, 0.3) is 0 Å². The molecule has 0 unspecified atom stereocenters. The fraction of sp³-hybridized carbons (Fsp3) is 0.417. The minimum absolute atomic E-state index is 0.381. The van der Waals surface area contributed by atoms with Crippen LogP contribution in [0.3, 0.4) is 0 Å². The third-order valence-corrected chi connectivity index (χ3v) is 2.99. The Labute approximate surface area is 107 Å². The summed E-state index contributed by atoms with van der Waals surface area (Å²) in [6.07, 6.45) is 1.10. The number of thiocarbonyl (C=S) groups is 1. The molecule has 0 spiro atoms. The zero-order valence-electron chi connectivity index (χ0n) is 9.66. The van der Waals surface area contributed by atoms with Crippen LogP contribution in [0.2, 0.25) is 5.02 Å². The van der Waals surface area contributed by atoms with Crippen LogP contribution in [0.15, 0.2) is 18.2 Å². The molecule has 0 aromatic heterocycles. The van der Waals surface area contributed by atoms with Gasteiger partial charge in [0.2, 0.25) is 0 Å². The Bertz CT molecular complexity index is 379. The summed E-state index contributed by atoms with van der Waals surface area (Å²) < 4.78 is 0. The van der Waals surface area contributed by atoms with E-state index in [0.717, 1.165) is 30.8 Å². The van der Waals surface area contributed by atoms with Gasteiger partial charge in [-0.05, 0) is 31.5 Å². The molecule has 1 rings (SSSR count). The number of hydrogen-bond donors (Lipinski definition) is 1. The van der Waals surface area contributed by atoms with E-state index < -0.39 is 0 Å². The van der Waals surface area contributed by atoms with Gasteiger partial charge in [-0.1, -0.05) is 30.7 Å². The van der Waals surface area contributed by atoms with Crippen molar-refractivity contribution in [3.05, 3.63) is 28.8 Å². The van der Waals surface area contributed by atoms with Crippen molar-refractivity contribution in [2.24, 2.45) is 5.73 Å². The van der Waals surface area contributed by atoms with Crippen molar-refractivity contribution in [1.29, 1.82) is 0 Å². The van der Waals surface area contributed by atoms with Crippen LogP contribution in [-0.4, -0.2) is 18.1 Å². The van der Waals surface area contributed by atoms with Crippen molar-refractivity contribution in [3.63, 3.8) is 0 Å². The van der Waals surface area contributed by atoms with Crippen molar-refractivity contribution in [2.75, 3.05) is 18.0 Å². The summed E-state index contributed by atoms with van der Waals surface area (Å²) in [7, 11) is 0. The molecule has 1 aromatic carbocycles. The van der Waals surface area contributed by atoms with Gasteiger partial charge in [-0.25, -0.2) is 0 Å². The largest absolute Gasteiger partial charge is 0.389 e. The second-order valence-electron chi connectivity index (χ2n) is 3.61. The molecule has 16 heavy (non-hydrogen) atoms. The maximum atomic E-state index is 6.23. The molecule has 2 N–H and O–H groups in total. The summed E-state index contributed by atoms with van der Waals surface area (Å²) in [4.78, 5) is 2.62. The van der Waals surface area contributed by atoms with Gasteiger partial charge in [0.15, 0.2) is 0 Å². The molecule has 0 aliphatic rings. The molecule has 0 saturated heterocycles. The second-order valence-corrected chi connectivity index (χ2v) is 4.46. The summed E-state index contributed by atoms with van der Waals surface area (Å²) in [6, 6.07) is 5.73. The third-order valence-electron chi connectivity index (χ3n) is 2.45. The summed E-state index contributed by atoms with van der Waals surface area (Å²) in [5.41, 5.74) is 7.42. The Balaban J connectivity index is 3.01. The average Bonchev–Trinajstić information content (AvgIpc) is 2.26. The van der Waals surface area contributed by atoms with Gasteiger partial charge in [-0.15, -0.1) is 0 Å². The van der Waals surface area contributed by atoms with E-state index in [-0.39, 0.29) is 0 Å². The number of anilines is 1. The fourth-order valence-electron chi connectivity index (χ4n) is 1.64. The van der Waals surface area contributed by atoms with Gasteiger partial charge in [-0.3, -0.25) is 0 Å². The minimum atomic E-state index is 0.381. The van der Waals surface area contributed by atoms with Crippen molar-refractivity contribution in [2.45, 2.75) is 20.3 Å². The number of benzene rings is 1. The highest BCUT2D eigenvalue weighted by molar-refractivity contribution is 7.80. The van der Waals surface area contributed by atoms with E-state index in [4.69, 9.17) is 29.6 Å². The highest BCUT2D eigenvalue weighted by Gasteiger charge is 2.09. The van der Waals surface area contributed by atoms with E-state index in [1.165, 1.54) is 0 Å². The van der Waals surface area contributed by atoms with Crippen LogP contribution >= 0.6 is 23.8 Å². The first kappa shape index (κ1) is 13.3. The Morgan fingerprint density at radius 3 is 2.56 bits per heavy atom. The van der Waals surface area contributed by atoms with Gasteiger partial charge >= 0.3 is 0 Å². The SMILES string of the molecule is CCCN(CC)c1ccc(C(N)=S)cc1Cl. The predicted octanol–water partition coefficient (Wildman–Crippen LogP) is 3.21. The second kappa shape index (κ2) is 6.06. The lowest BCUT2D eigenvalue weighted by atomic mass is 10.2. The van der Waals surface area contributed by atoms with Gasteiger partial charge < -0.3 is 10.6 Å². The highest BCUT2D eigenvalue weighted by atomic mass is 35.5. The van der Waals surface area contributed by atoms with Crippen LogP contribution in [0, 0.1) is 0 Å². The molecule has 0 saturated carbocycles. The van der Waals surface area contributed by atoms with Crippen molar-refractivity contribution >= 4 is 34.5 Å². The maximum Gasteiger partial charge on any atom is 0.104 e. The number of halogens is 1. The lowest BCUT2D eigenvalue weighted by Gasteiger charge is -2.23. The van der Waals surface area contributed by atoms with Crippen molar-refractivity contribution < 1.29 is 0 Å². The highest BCUT2D eigenvalue weighted by Crippen LogP contribution is 2.27. The fourth-order valence-corrected chi connectivity index (χ4v) is 2.06. The molecule has 1 aromatic rings. The zero-order chi connectivity index (χ0) is 12.1. The van der Waals surface area contributed by atoms with Crippen LogP contribution in [-0.2, 0) is 0 Å². The summed E-state index contributed by atoms with van der Waals surface area (Å²) >= 11 is 11.1. The van der Waals surface area contributed by atoms with Gasteiger partial charge in [0, 0.05) is 18.7 Å². The van der Waals surface area contributed by atoms with Crippen LogP contribution in [0.25, 0.3) is 0 Å². The van der Waals surface area contributed by atoms with E-state index in [2.05, 4.69) is 18.7 Å². The summed E-state index contributed by atoms with van der Waals surface area (Å²) in [6.45, 7) is 6.22. The van der Waals surface area contributed by atoms with E-state index in [1.54, 1.807) is 0 Å². The van der Waals surface area contributed by atoms with Gasteiger partial charge in [0.1, 0.15) is 4.99 Å². The summed E-state index contributed by atoms with van der Waals surface area (Å²) in [5, 5.41) is 0.709. The topological polar surface area (TPSA) is 29.3 Å². The molecule has 2 nitrogen and oxygen atoms in total. The molecular formula is C12H17ClN2S. The van der Waals surface area contributed by atoms with Crippen LogP contribution in [0.4, 0.5) is 5.69 Å². The molecule has 0 radical (unpaired) electrons. The predicted molar refractivity (Wildman–Crippen MR) is 75.5 cm³/mol. The first-order valence-electron chi connectivity index (χ1n) is 5.44. The first-order chi connectivity index (χ1) is 7.60. The van der Waals surface area contributed by atoms with Crippen LogP contribution in [0.1, 0.15) is 25.8 Å². The molecule has 0 amide bonds. The Hall–Kier alpha value is -0.800. The molecular weight excluding hydrogens is 240 g/mol. The average molecular weight is 257 g/mol. The van der Waals surface area contributed by atoms with Crippen molar-refractivity contribution in [1.82, 2.24) is 0 Å². The van der Waals surface area contributed by atoms with Crippen LogP contribution < -0.4 is 10.6 Å². The molecule has 88 valence electrons. The standard InChI is InChI=1S/C12H17ClN2S/c1-3-7-15(4-2)11-6-5-9(12(14)16)8-10(11)13/h5-6,8H,3-4,7H2,1-2H3,(H2,14,16). The van der Waals surface area contributed by atoms with E-state index >= 15 is 0 Å². The molecule has 0 heterocycles. The van der Waals surface area contributed by atoms with E-state index in [0.29, 0.717) is 10.0 Å². The van der Waals surface area contributed by atoms with Gasteiger partial charge in [0.05, 0.1) is 10.7 Å². The molecule has 0 bridgehead atoms. The number of rotatable bonds is 5. The number of hydrogen-bond acceptors (Lipinski definition) is 2. The number of nitrogens with two attached hydrogens (primary N) is 1. The Morgan fingerprint density at radius 1 is 1.44 bits per heavy atom. The minimum Gasteiger partial charge on any atom is -0.389 e. The van der Waals surface area contributed by atoms with Crippen LogP contribution in [0.5, 0.6) is 0 Å². The zero-order valence-corrected chi connectivity index (χ0v) is 11.2. The van der Waals surface area contributed by atoms with Crippen molar-refractivity contribution in [3.8, 4) is 0 Å². The van der Waals surface area contributed by atoms with E-state index in [1.807, 2.05) is 18.2 Å².